The van der Waals surface area contributed by atoms with Crippen LogP contribution in [-0.2, 0) is 18.9 Å². The van der Waals surface area contributed by atoms with E-state index in [0.717, 1.165) is 44.9 Å². The average molecular weight is 669 g/mol. The van der Waals surface area contributed by atoms with E-state index in [-0.39, 0.29) is 40.4 Å². The van der Waals surface area contributed by atoms with Crippen molar-refractivity contribution in [1.29, 1.82) is 0 Å². The highest BCUT2D eigenvalue weighted by atomic mass is 79.9. The second kappa shape index (κ2) is 10.8. The zero-order chi connectivity index (χ0) is 28.4. The largest absolute Gasteiger partial charge is 0.387 e. The summed E-state index contributed by atoms with van der Waals surface area (Å²) in [4.78, 5) is 0.464. The molecule has 0 aliphatic carbocycles. The van der Waals surface area contributed by atoms with Crippen LogP contribution in [0.5, 0.6) is 0 Å². The van der Waals surface area contributed by atoms with Crippen LogP contribution in [-0.4, -0.2) is 77.9 Å². The lowest BCUT2D eigenvalue weighted by atomic mass is 9.79. The van der Waals surface area contributed by atoms with Gasteiger partial charge in [-0.05, 0) is 120 Å². The van der Waals surface area contributed by atoms with Crippen molar-refractivity contribution < 1.29 is 29.2 Å². The summed E-state index contributed by atoms with van der Waals surface area (Å²) in [6.45, 7) is 16.6. The first kappa shape index (κ1) is 31.7. The fourth-order valence-electron chi connectivity index (χ4n) is 7.09. The molecule has 222 valence electrons. The van der Waals surface area contributed by atoms with Gasteiger partial charge in [0.1, 0.15) is 0 Å². The molecule has 0 aromatic rings. The summed E-state index contributed by atoms with van der Waals surface area (Å²) in [6.07, 6.45) is 7.08. The van der Waals surface area contributed by atoms with Crippen LogP contribution < -0.4 is 0 Å². The predicted molar refractivity (Wildman–Crippen MR) is 157 cm³/mol. The van der Waals surface area contributed by atoms with Crippen molar-refractivity contribution in [2.75, 3.05) is 0 Å². The number of fused-ring (bicyclic) bond motifs is 2. The van der Waals surface area contributed by atoms with Crippen molar-refractivity contribution in [3.05, 3.63) is 0 Å². The lowest BCUT2D eigenvalue weighted by molar-refractivity contribution is -0.261. The highest BCUT2D eigenvalue weighted by molar-refractivity contribution is 9.09. The van der Waals surface area contributed by atoms with Crippen LogP contribution in [0.3, 0.4) is 0 Å². The van der Waals surface area contributed by atoms with Crippen LogP contribution in [0.15, 0.2) is 0 Å². The number of hydrogen-bond acceptors (Lipinski definition) is 6. The molecule has 4 aliphatic rings. The molecule has 38 heavy (non-hydrogen) atoms. The SMILES string of the molecule is CC1(C)O[C@@H](CC[C@@](C)(O)[C@H]2CC[C@@H]3O[C@]4(C)CC[C@H](Br)C(C)(C)O[C@H]4CC[C@@]3(C)O2)[C@](C)(O)CC[C@H]1Br. The normalized spacial score (nSPS) is 48.9. The topological polar surface area (TPSA) is 77.4 Å². The Labute approximate surface area is 247 Å². The third-order valence-electron chi connectivity index (χ3n) is 10.3. The van der Waals surface area contributed by atoms with E-state index >= 15 is 0 Å². The molecule has 2 N–H and O–H groups in total. The maximum atomic E-state index is 11.7. The lowest BCUT2D eigenvalue weighted by Gasteiger charge is -2.49. The number of alkyl halides is 2. The highest BCUT2D eigenvalue weighted by Gasteiger charge is 2.55. The van der Waals surface area contributed by atoms with Gasteiger partial charge in [0.05, 0.1) is 58.0 Å². The fourth-order valence-corrected chi connectivity index (χ4v) is 7.76. The zero-order valence-electron chi connectivity index (χ0n) is 24.8. The molecule has 10 atom stereocenters. The Kier molecular flexibility index (Phi) is 8.97. The Balaban J connectivity index is 1.44. The monoisotopic (exact) mass is 666 g/mol. The van der Waals surface area contributed by atoms with Crippen molar-refractivity contribution in [1.82, 2.24) is 0 Å². The quantitative estimate of drug-likeness (QED) is 0.330. The first-order valence-corrected chi connectivity index (χ1v) is 16.6. The molecule has 0 unspecified atom stereocenters. The van der Waals surface area contributed by atoms with Crippen LogP contribution in [0, 0.1) is 0 Å². The zero-order valence-corrected chi connectivity index (χ0v) is 28.0. The molecule has 4 aliphatic heterocycles. The molecule has 0 spiro atoms. The molecule has 4 heterocycles. The first-order valence-electron chi connectivity index (χ1n) is 14.7. The van der Waals surface area contributed by atoms with Gasteiger partial charge in [-0.25, -0.2) is 0 Å². The molecule has 0 radical (unpaired) electrons. The summed E-state index contributed by atoms with van der Waals surface area (Å²) in [5.41, 5.74) is -3.49. The van der Waals surface area contributed by atoms with Crippen molar-refractivity contribution in [2.24, 2.45) is 0 Å². The van der Waals surface area contributed by atoms with Gasteiger partial charge in [0.15, 0.2) is 0 Å². The summed E-state index contributed by atoms with van der Waals surface area (Å²) in [5.74, 6) is 0. The van der Waals surface area contributed by atoms with Crippen LogP contribution in [0.25, 0.3) is 0 Å². The van der Waals surface area contributed by atoms with E-state index in [1.807, 2.05) is 13.8 Å². The van der Waals surface area contributed by atoms with Gasteiger partial charge in [0.2, 0.25) is 0 Å². The number of ether oxygens (including phenoxy) is 4. The number of aliphatic hydroxyl groups is 2. The van der Waals surface area contributed by atoms with Crippen molar-refractivity contribution in [3.8, 4) is 0 Å². The number of rotatable bonds is 4. The molecule has 0 saturated carbocycles. The van der Waals surface area contributed by atoms with Crippen molar-refractivity contribution in [3.63, 3.8) is 0 Å². The summed E-state index contributed by atoms with van der Waals surface area (Å²) in [7, 11) is 0. The Bertz CT molecular complexity index is 847. The van der Waals surface area contributed by atoms with Crippen LogP contribution in [0.1, 0.15) is 120 Å². The molecule has 0 aromatic heterocycles. The van der Waals surface area contributed by atoms with Crippen molar-refractivity contribution in [2.45, 2.75) is 187 Å². The van der Waals surface area contributed by atoms with Gasteiger partial charge in [0, 0.05) is 9.65 Å². The van der Waals surface area contributed by atoms with Crippen molar-refractivity contribution >= 4 is 31.9 Å². The van der Waals surface area contributed by atoms with Gasteiger partial charge >= 0.3 is 0 Å². The molecule has 0 aromatic carbocycles. The Hall–Kier alpha value is 0.720. The minimum atomic E-state index is -1.04. The van der Waals surface area contributed by atoms with E-state index < -0.39 is 22.4 Å². The van der Waals surface area contributed by atoms with Crippen LogP contribution in [0.2, 0.25) is 0 Å². The number of hydrogen-bond donors (Lipinski definition) is 2. The first-order chi connectivity index (χ1) is 17.3. The van der Waals surface area contributed by atoms with Gasteiger partial charge in [0.25, 0.3) is 0 Å². The Morgan fingerprint density at radius 3 is 1.89 bits per heavy atom. The third kappa shape index (κ3) is 6.38. The predicted octanol–water partition coefficient (Wildman–Crippen LogP) is 6.59. The van der Waals surface area contributed by atoms with E-state index in [1.54, 1.807) is 0 Å². The van der Waals surface area contributed by atoms with Crippen LogP contribution in [0.4, 0.5) is 0 Å². The average Bonchev–Trinajstić information content (AvgIpc) is 3.01. The van der Waals surface area contributed by atoms with E-state index in [0.29, 0.717) is 24.1 Å². The lowest BCUT2D eigenvalue weighted by Crippen LogP contribution is -2.57. The minimum absolute atomic E-state index is 0.00117. The molecular weight excluding hydrogens is 616 g/mol. The Morgan fingerprint density at radius 2 is 1.24 bits per heavy atom. The number of halogens is 2. The van der Waals surface area contributed by atoms with Gasteiger partial charge in [-0.1, -0.05) is 31.9 Å². The second-order valence-corrected chi connectivity index (χ2v) is 16.9. The smallest absolute Gasteiger partial charge is 0.0921 e. The van der Waals surface area contributed by atoms with Crippen LogP contribution >= 0.6 is 31.9 Å². The fraction of sp³-hybridized carbons (Fsp3) is 1.00. The maximum Gasteiger partial charge on any atom is 0.0921 e. The van der Waals surface area contributed by atoms with E-state index in [9.17, 15) is 10.2 Å². The molecule has 0 bridgehead atoms. The van der Waals surface area contributed by atoms with E-state index in [1.165, 1.54) is 0 Å². The third-order valence-corrected chi connectivity index (χ3v) is 13.4. The minimum Gasteiger partial charge on any atom is -0.387 e. The maximum absolute atomic E-state index is 11.7. The Morgan fingerprint density at radius 1 is 0.711 bits per heavy atom. The second-order valence-electron chi connectivity index (χ2n) is 14.6. The molecule has 8 heteroatoms. The molecular formula is C30H52Br2O6. The summed E-state index contributed by atoms with van der Waals surface area (Å²) in [6, 6.07) is 0. The van der Waals surface area contributed by atoms with E-state index in [2.05, 4.69) is 73.4 Å². The van der Waals surface area contributed by atoms with Gasteiger partial charge in [-0.2, -0.15) is 0 Å². The molecule has 6 nitrogen and oxygen atoms in total. The summed E-state index contributed by atoms with van der Waals surface area (Å²) >= 11 is 7.60. The molecule has 4 rings (SSSR count). The molecule has 4 saturated heterocycles. The molecule has 4 fully saturated rings. The highest BCUT2D eigenvalue weighted by Crippen LogP contribution is 2.49. The van der Waals surface area contributed by atoms with E-state index in [4.69, 9.17) is 18.9 Å². The summed E-state index contributed by atoms with van der Waals surface area (Å²) in [5, 5.41) is 22.9. The summed E-state index contributed by atoms with van der Waals surface area (Å²) < 4.78 is 26.8. The van der Waals surface area contributed by atoms with Gasteiger partial charge in [-0.15, -0.1) is 0 Å². The standard InChI is InChI=1S/C30H52Br2O6/c1-25(2)19(31)11-15-27(5,33)22(35-25)13-16-28(6,34)21-9-10-23-30(8,37-21)18-14-24-29(7,38-23)17-12-20(32)26(3,4)36-24/h19-24,33-34H,9-18H2,1-8H3/t19-,20+,21-,22+,23+,24+,27-,28-,29-,30-/m1/s1. The van der Waals surface area contributed by atoms with Gasteiger partial charge < -0.3 is 29.2 Å². The van der Waals surface area contributed by atoms with Gasteiger partial charge in [-0.3, -0.25) is 0 Å². The molecule has 0 amide bonds.